The zero-order valence-corrected chi connectivity index (χ0v) is 13.7. The largest absolute Gasteiger partial charge is 0.399 e. The van der Waals surface area contributed by atoms with E-state index in [0.717, 1.165) is 19.3 Å². The molecule has 21 heavy (non-hydrogen) atoms. The molecule has 2 rings (SSSR count). The number of nitrogens with one attached hydrogen (secondary N) is 1. The summed E-state index contributed by atoms with van der Waals surface area (Å²) in [5.41, 5.74) is 5.86. The molecule has 1 saturated carbocycles. The Morgan fingerprint density at radius 3 is 2.33 bits per heavy atom. The third-order valence-electron chi connectivity index (χ3n) is 3.58. The molecular formula is C13H18Cl2N2O3S. The van der Waals surface area contributed by atoms with Gasteiger partial charge in [0, 0.05) is 11.7 Å². The first-order valence-corrected chi connectivity index (χ1v) is 9.00. The molecule has 1 aliphatic rings. The third-order valence-corrected chi connectivity index (χ3v) is 5.99. The number of halogens is 2. The first kappa shape index (κ1) is 16.8. The summed E-state index contributed by atoms with van der Waals surface area (Å²) >= 11 is 11.9. The minimum absolute atomic E-state index is 0.0318. The summed E-state index contributed by atoms with van der Waals surface area (Å²) in [5, 5.41) is 9.97. The van der Waals surface area contributed by atoms with Gasteiger partial charge >= 0.3 is 0 Å². The van der Waals surface area contributed by atoms with E-state index in [-0.39, 0.29) is 14.9 Å². The predicted octanol–water partition coefficient (Wildman–Crippen LogP) is 2.55. The van der Waals surface area contributed by atoms with Crippen molar-refractivity contribution in [3.63, 3.8) is 0 Å². The second-order valence-corrected chi connectivity index (χ2v) is 7.71. The molecule has 118 valence electrons. The second-order valence-electron chi connectivity index (χ2n) is 5.25. The van der Waals surface area contributed by atoms with Crippen LogP contribution in [0.4, 0.5) is 5.69 Å². The molecule has 0 spiro atoms. The van der Waals surface area contributed by atoms with Gasteiger partial charge in [-0.2, -0.15) is 0 Å². The fraction of sp³-hybridized carbons (Fsp3) is 0.538. The number of benzene rings is 1. The Morgan fingerprint density at radius 1 is 1.14 bits per heavy atom. The molecule has 8 heteroatoms. The molecule has 1 fully saturated rings. The Balaban J connectivity index is 2.30. The highest BCUT2D eigenvalue weighted by atomic mass is 35.5. The third kappa shape index (κ3) is 4.02. The molecule has 0 aliphatic heterocycles. The van der Waals surface area contributed by atoms with Crippen molar-refractivity contribution >= 4 is 38.9 Å². The number of nitrogen functional groups attached to an aromatic ring is 1. The van der Waals surface area contributed by atoms with Crippen LogP contribution in [0.3, 0.4) is 0 Å². The maximum atomic E-state index is 12.5. The van der Waals surface area contributed by atoms with E-state index in [0.29, 0.717) is 18.5 Å². The number of anilines is 1. The van der Waals surface area contributed by atoms with Gasteiger partial charge in [0.05, 0.1) is 16.1 Å². The number of aliphatic hydroxyl groups is 1. The summed E-state index contributed by atoms with van der Waals surface area (Å²) in [7, 11) is -3.92. The van der Waals surface area contributed by atoms with E-state index < -0.39 is 22.2 Å². The Morgan fingerprint density at radius 2 is 1.71 bits per heavy atom. The van der Waals surface area contributed by atoms with Crippen LogP contribution in [0.5, 0.6) is 0 Å². The van der Waals surface area contributed by atoms with E-state index in [4.69, 9.17) is 28.9 Å². The first-order valence-electron chi connectivity index (χ1n) is 6.76. The van der Waals surface area contributed by atoms with E-state index in [9.17, 15) is 13.5 Å². The molecule has 0 amide bonds. The average molecular weight is 353 g/mol. The van der Waals surface area contributed by atoms with Crippen molar-refractivity contribution < 1.29 is 13.5 Å². The van der Waals surface area contributed by atoms with Gasteiger partial charge in [-0.1, -0.05) is 42.5 Å². The summed E-state index contributed by atoms with van der Waals surface area (Å²) < 4.78 is 27.5. The topological polar surface area (TPSA) is 92.4 Å². The van der Waals surface area contributed by atoms with Gasteiger partial charge in [-0.15, -0.1) is 0 Å². The number of sulfonamides is 1. The molecule has 0 radical (unpaired) electrons. The monoisotopic (exact) mass is 352 g/mol. The minimum Gasteiger partial charge on any atom is -0.399 e. The lowest BCUT2D eigenvalue weighted by Gasteiger charge is -2.22. The van der Waals surface area contributed by atoms with E-state index in [1.54, 1.807) is 0 Å². The standard InChI is InChI=1S/C13H18Cl2N2O3S/c14-9-6-8(16)7-10(15)13(9)21(19,20)17-11-4-2-1-3-5-12(11)18/h6-7,11-12,17-18H,1-5,16H2. The zero-order valence-electron chi connectivity index (χ0n) is 11.4. The summed E-state index contributed by atoms with van der Waals surface area (Å²) in [6.45, 7) is 0. The minimum atomic E-state index is -3.92. The van der Waals surface area contributed by atoms with Crippen molar-refractivity contribution in [2.45, 2.75) is 49.1 Å². The molecule has 2 atom stereocenters. The quantitative estimate of drug-likeness (QED) is 0.575. The van der Waals surface area contributed by atoms with Crippen LogP contribution < -0.4 is 10.5 Å². The van der Waals surface area contributed by atoms with Crippen LogP contribution in [0.1, 0.15) is 32.1 Å². The number of hydrogen-bond donors (Lipinski definition) is 3. The van der Waals surface area contributed by atoms with Crippen LogP contribution in [0, 0.1) is 0 Å². The van der Waals surface area contributed by atoms with E-state index in [1.807, 2.05) is 0 Å². The first-order chi connectivity index (χ1) is 9.81. The van der Waals surface area contributed by atoms with Crippen LogP contribution >= 0.6 is 23.2 Å². The fourth-order valence-corrected chi connectivity index (χ4v) is 5.06. The Labute approximate surface area is 134 Å². The van der Waals surface area contributed by atoms with E-state index in [2.05, 4.69) is 4.72 Å². The fourth-order valence-electron chi connectivity index (χ4n) is 2.52. The molecule has 1 aliphatic carbocycles. The van der Waals surface area contributed by atoms with Crippen molar-refractivity contribution in [1.29, 1.82) is 0 Å². The van der Waals surface area contributed by atoms with Crippen molar-refractivity contribution in [3.8, 4) is 0 Å². The van der Waals surface area contributed by atoms with Crippen molar-refractivity contribution in [2.75, 3.05) is 5.73 Å². The normalized spacial score (nSPS) is 23.8. The van der Waals surface area contributed by atoms with Crippen LogP contribution in [-0.2, 0) is 10.0 Å². The molecule has 0 bridgehead atoms. The lowest BCUT2D eigenvalue weighted by atomic mass is 10.1. The van der Waals surface area contributed by atoms with Crippen molar-refractivity contribution in [1.82, 2.24) is 4.72 Å². The number of aliphatic hydroxyl groups excluding tert-OH is 1. The Hall–Kier alpha value is -0.530. The molecule has 0 saturated heterocycles. The molecule has 0 heterocycles. The highest BCUT2D eigenvalue weighted by Gasteiger charge is 2.29. The van der Waals surface area contributed by atoms with E-state index >= 15 is 0 Å². The Bertz CT molecular complexity index is 599. The second kappa shape index (κ2) is 6.71. The van der Waals surface area contributed by atoms with Crippen LogP contribution in [-0.4, -0.2) is 25.7 Å². The molecule has 1 aromatic rings. The average Bonchev–Trinajstić information content (AvgIpc) is 2.52. The molecule has 2 unspecified atom stereocenters. The van der Waals surface area contributed by atoms with Gasteiger partial charge in [-0.25, -0.2) is 13.1 Å². The maximum Gasteiger partial charge on any atom is 0.243 e. The summed E-state index contributed by atoms with van der Waals surface area (Å²) in [6, 6.07) is 2.15. The maximum absolute atomic E-state index is 12.5. The lowest BCUT2D eigenvalue weighted by molar-refractivity contribution is 0.130. The van der Waals surface area contributed by atoms with Gasteiger partial charge in [0.15, 0.2) is 0 Å². The molecule has 0 aromatic heterocycles. The highest BCUT2D eigenvalue weighted by molar-refractivity contribution is 7.89. The van der Waals surface area contributed by atoms with Gasteiger partial charge in [0.2, 0.25) is 10.0 Å². The molecule has 4 N–H and O–H groups in total. The summed E-state index contributed by atoms with van der Waals surface area (Å²) in [4.78, 5) is -0.198. The van der Waals surface area contributed by atoms with Gasteiger partial charge in [-0.05, 0) is 25.0 Å². The summed E-state index contributed by atoms with van der Waals surface area (Å²) in [5.74, 6) is 0. The number of nitrogens with two attached hydrogens (primary N) is 1. The van der Waals surface area contributed by atoms with Crippen LogP contribution in [0.15, 0.2) is 17.0 Å². The Kier molecular flexibility index (Phi) is 5.38. The molecular weight excluding hydrogens is 335 g/mol. The van der Waals surface area contributed by atoms with Crippen LogP contribution in [0.2, 0.25) is 10.0 Å². The predicted molar refractivity (Wildman–Crippen MR) is 84.1 cm³/mol. The lowest BCUT2D eigenvalue weighted by Crippen LogP contribution is -2.42. The molecule has 5 nitrogen and oxygen atoms in total. The van der Waals surface area contributed by atoms with Crippen molar-refractivity contribution in [3.05, 3.63) is 22.2 Å². The number of rotatable bonds is 3. The van der Waals surface area contributed by atoms with E-state index in [1.165, 1.54) is 12.1 Å². The smallest absolute Gasteiger partial charge is 0.243 e. The van der Waals surface area contributed by atoms with Gasteiger partial charge in [0.25, 0.3) is 0 Å². The van der Waals surface area contributed by atoms with Crippen LogP contribution in [0.25, 0.3) is 0 Å². The SMILES string of the molecule is Nc1cc(Cl)c(S(=O)(=O)NC2CCCCCC2O)c(Cl)c1. The van der Waals surface area contributed by atoms with Gasteiger partial charge < -0.3 is 10.8 Å². The zero-order chi connectivity index (χ0) is 15.6. The highest BCUT2D eigenvalue weighted by Crippen LogP contribution is 2.32. The molecule has 1 aromatic carbocycles. The van der Waals surface area contributed by atoms with Gasteiger partial charge in [0.1, 0.15) is 4.90 Å². The van der Waals surface area contributed by atoms with Crippen molar-refractivity contribution in [2.24, 2.45) is 0 Å². The summed E-state index contributed by atoms with van der Waals surface area (Å²) in [6.07, 6.45) is 3.21. The van der Waals surface area contributed by atoms with Gasteiger partial charge in [-0.3, -0.25) is 0 Å². The number of hydrogen-bond acceptors (Lipinski definition) is 4.